The Morgan fingerprint density at radius 3 is 2.14 bits per heavy atom. The predicted octanol–water partition coefficient (Wildman–Crippen LogP) is 4.72. The van der Waals surface area contributed by atoms with Crippen LogP contribution in [0.25, 0.3) is 11.1 Å². The van der Waals surface area contributed by atoms with Crippen molar-refractivity contribution in [2.24, 2.45) is 0 Å². The van der Waals surface area contributed by atoms with Crippen LogP contribution in [0, 0.1) is 0 Å². The van der Waals surface area contributed by atoms with Crippen LogP contribution >= 0.6 is 0 Å². The van der Waals surface area contributed by atoms with Gasteiger partial charge in [-0.2, -0.15) is 0 Å². The summed E-state index contributed by atoms with van der Waals surface area (Å²) in [7, 11) is 0. The molecule has 4 heteroatoms. The summed E-state index contributed by atoms with van der Waals surface area (Å²) in [6, 6.07) is 23.5. The molecule has 0 saturated heterocycles. The smallest absolute Gasteiger partial charge is 0.407 e. The number of carbonyl (C=O) groups is 2. The summed E-state index contributed by atoms with van der Waals surface area (Å²) in [5.41, 5.74) is 6.46. The molecule has 0 spiro atoms. The van der Waals surface area contributed by atoms with Crippen LogP contribution in [0.3, 0.4) is 0 Å². The zero-order valence-electron chi connectivity index (χ0n) is 15.9. The molecule has 1 atom stereocenters. The van der Waals surface area contributed by atoms with E-state index in [1.54, 1.807) is 0 Å². The number of amides is 1. The highest BCUT2D eigenvalue weighted by molar-refractivity contribution is 6.03. The van der Waals surface area contributed by atoms with E-state index in [2.05, 4.69) is 29.6 Å². The molecule has 2 aliphatic rings. The van der Waals surface area contributed by atoms with E-state index >= 15 is 0 Å². The molecule has 0 fully saturated rings. The molecule has 2 aliphatic carbocycles. The van der Waals surface area contributed by atoms with E-state index in [-0.39, 0.29) is 18.3 Å². The quantitative estimate of drug-likeness (QED) is 0.712. The summed E-state index contributed by atoms with van der Waals surface area (Å²) in [5.74, 6) is -0.0312. The number of nitrogens with one attached hydrogen (secondary N) is 1. The van der Waals surface area contributed by atoms with E-state index in [9.17, 15) is 9.59 Å². The van der Waals surface area contributed by atoms with E-state index in [1.807, 2.05) is 48.5 Å². The van der Waals surface area contributed by atoms with Crippen LogP contribution in [0.2, 0.25) is 0 Å². The Hall–Kier alpha value is -3.40. The Labute approximate surface area is 169 Å². The van der Waals surface area contributed by atoms with Crippen molar-refractivity contribution in [1.29, 1.82) is 0 Å². The summed E-state index contributed by atoms with van der Waals surface area (Å²) < 4.78 is 5.58. The third kappa shape index (κ3) is 3.11. The molecular weight excluding hydrogens is 362 g/mol. The van der Waals surface area contributed by atoms with Gasteiger partial charge in [0.2, 0.25) is 0 Å². The van der Waals surface area contributed by atoms with Gasteiger partial charge in [-0.15, -0.1) is 0 Å². The lowest BCUT2D eigenvalue weighted by atomic mass is 9.87. The molecule has 144 valence electrons. The lowest BCUT2D eigenvalue weighted by molar-refractivity contribution is 0.0903. The second-order valence-corrected chi connectivity index (χ2v) is 7.58. The molecule has 0 heterocycles. The molecule has 0 aromatic heterocycles. The number of ether oxygens (including phenoxy) is 1. The Bertz CT molecular complexity index is 1060. The molecule has 0 bridgehead atoms. The third-order valence-corrected chi connectivity index (χ3v) is 5.94. The minimum Gasteiger partial charge on any atom is -0.449 e. The van der Waals surface area contributed by atoms with E-state index in [0.29, 0.717) is 12.0 Å². The van der Waals surface area contributed by atoms with Crippen LogP contribution in [-0.2, 0) is 11.2 Å². The van der Waals surface area contributed by atoms with Crippen molar-refractivity contribution in [2.45, 2.75) is 24.8 Å². The normalized spacial score (nSPS) is 17.2. The zero-order chi connectivity index (χ0) is 19.8. The molecule has 0 radical (unpaired) electrons. The second kappa shape index (κ2) is 7.21. The average Bonchev–Trinajstić information content (AvgIpc) is 3.08. The van der Waals surface area contributed by atoms with E-state index in [0.717, 1.165) is 12.0 Å². The minimum absolute atomic E-state index is 0.0101. The maximum atomic E-state index is 12.7. The Morgan fingerprint density at radius 1 is 0.862 bits per heavy atom. The zero-order valence-corrected chi connectivity index (χ0v) is 15.9. The highest BCUT2D eigenvalue weighted by atomic mass is 16.5. The molecule has 0 aliphatic heterocycles. The van der Waals surface area contributed by atoms with Gasteiger partial charge in [0, 0.05) is 11.5 Å². The molecule has 3 aromatic carbocycles. The number of hydrogen-bond donors (Lipinski definition) is 1. The highest BCUT2D eigenvalue weighted by Crippen LogP contribution is 2.44. The molecule has 4 nitrogen and oxygen atoms in total. The number of fused-ring (bicyclic) bond motifs is 4. The van der Waals surface area contributed by atoms with Gasteiger partial charge in [0.05, 0.1) is 6.04 Å². The average molecular weight is 383 g/mol. The van der Waals surface area contributed by atoms with Crippen LogP contribution in [0.4, 0.5) is 4.79 Å². The van der Waals surface area contributed by atoms with Gasteiger partial charge in [-0.1, -0.05) is 72.8 Å². The van der Waals surface area contributed by atoms with Crippen molar-refractivity contribution in [3.05, 3.63) is 95.1 Å². The number of carbonyl (C=O) groups excluding carboxylic acids is 2. The first-order valence-corrected chi connectivity index (χ1v) is 9.96. The maximum Gasteiger partial charge on any atom is 0.407 e. The molecule has 29 heavy (non-hydrogen) atoms. The maximum absolute atomic E-state index is 12.7. The number of rotatable bonds is 3. The van der Waals surface area contributed by atoms with Crippen LogP contribution in [0.15, 0.2) is 72.8 Å². The standard InChI is InChI=1S/C25H21NO3/c27-24-17-8-2-1-7-16(17)13-14-23(24)26-25(28)29-15-22-20-11-5-3-9-18(20)19-10-4-6-12-21(19)22/h1-12,22-23H,13-15H2,(H,26,28). The lowest BCUT2D eigenvalue weighted by Gasteiger charge is -2.24. The van der Waals surface area contributed by atoms with Crippen molar-refractivity contribution in [2.75, 3.05) is 6.61 Å². The summed E-state index contributed by atoms with van der Waals surface area (Å²) >= 11 is 0. The lowest BCUT2D eigenvalue weighted by Crippen LogP contribution is -2.44. The molecule has 1 amide bonds. The molecule has 1 unspecified atom stereocenters. The second-order valence-electron chi connectivity index (χ2n) is 7.58. The summed E-state index contributed by atoms with van der Waals surface area (Å²) in [6.07, 6.45) is 0.834. The van der Waals surface area contributed by atoms with Gasteiger partial charge >= 0.3 is 6.09 Å². The van der Waals surface area contributed by atoms with Gasteiger partial charge in [-0.05, 0) is 40.7 Å². The Morgan fingerprint density at radius 2 is 1.45 bits per heavy atom. The van der Waals surface area contributed by atoms with E-state index < -0.39 is 12.1 Å². The van der Waals surface area contributed by atoms with Crippen molar-refractivity contribution >= 4 is 11.9 Å². The fourth-order valence-corrected chi connectivity index (χ4v) is 4.52. The monoisotopic (exact) mass is 383 g/mol. The first kappa shape index (κ1) is 17.7. The highest BCUT2D eigenvalue weighted by Gasteiger charge is 2.31. The SMILES string of the molecule is O=C(NC1CCc2ccccc2C1=O)OCC1c2ccccc2-c2ccccc21. The van der Waals surface area contributed by atoms with Gasteiger partial charge in [-0.25, -0.2) is 4.79 Å². The van der Waals surface area contributed by atoms with Gasteiger partial charge in [0.15, 0.2) is 5.78 Å². The van der Waals surface area contributed by atoms with E-state index in [4.69, 9.17) is 4.74 Å². The topological polar surface area (TPSA) is 55.4 Å². The van der Waals surface area contributed by atoms with Gasteiger partial charge in [0.25, 0.3) is 0 Å². The Kier molecular flexibility index (Phi) is 4.39. The molecular formula is C25H21NO3. The first-order valence-electron chi connectivity index (χ1n) is 9.96. The van der Waals surface area contributed by atoms with Crippen LogP contribution in [-0.4, -0.2) is 24.5 Å². The van der Waals surface area contributed by atoms with Crippen LogP contribution in [0.1, 0.15) is 39.4 Å². The van der Waals surface area contributed by atoms with Crippen molar-refractivity contribution < 1.29 is 14.3 Å². The fourth-order valence-electron chi connectivity index (χ4n) is 4.52. The molecule has 1 N–H and O–H groups in total. The predicted molar refractivity (Wildman–Crippen MR) is 111 cm³/mol. The number of aryl methyl sites for hydroxylation is 1. The number of Topliss-reactive ketones (excluding diaryl/α,β-unsaturated/α-hetero) is 1. The summed E-state index contributed by atoms with van der Waals surface area (Å²) in [5, 5.41) is 2.77. The number of ketones is 1. The van der Waals surface area contributed by atoms with Crippen LogP contribution < -0.4 is 5.32 Å². The number of alkyl carbamates (subject to hydrolysis) is 1. The van der Waals surface area contributed by atoms with E-state index in [1.165, 1.54) is 22.3 Å². The molecule has 0 saturated carbocycles. The van der Waals surface area contributed by atoms with Crippen molar-refractivity contribution in [1.82, 2.24) is 5.32 Å². The fraction of sp³-hybridized carbons (Fsp3) is 0.200. The first-order chi connectivity index (χ1) is 14.2. The number of benzene rings is 3. The van der Waals surface area contributed by atoms with Crippen LogP contribution in [0.5, 0.6) is 0 Å². The van der Waals surface area contributed by atoms with Gasteiger partial charge in [-0.3, -0.25) is 4.79 Å². The molecule has 3 aromatic rings. The largest absolute Gasteiger partial charge is 0.449 e. The summed E-state index contributed by atoms with van der Waals surface area (Å²) in [4.78, 5) is 25.1. The molecule has 5 rings (SSSR count). The third-order valence-electron chi connectivity index (χ3n) is 5.94. The van der Waals surface area contributed by atoms with Crippen molar-refractivity contribution in [3.63, 3.8) is 0 Å². The van der Waals surface area contributed by atoms with Gasteiger partial charge in [0.1, 0.15) is 6.61 Å². The Balaban J connectivity index is 1.28. The summed E-state index contributed by atoms with van der Waals surface area (Å²) in [6.45, 7) is 0.247. The van der Waals surface area contributed by atoms with Gasteiger partial charge < -0.3 is 10.1 Å². The van der Waals surface area contributed by atoms with Crippen molar-refractivity contribution in [3.8, 4) is 11.1 Å². The number of hydrogen-bond acceptors (Lipinski definition) is 3. The minimum atomic E-state index is -0.537.